The van der Waals surface area contributed by atoms with E-state index in [0.717, 1.165) is 61.9 Å². The molecule has 0 unspecified atom stereocenters. The van der Waals surface area contributed by atoms with Gasteiger partial charge in [-0.05, 0) is 40.5 Å². The van der Waals surface area contributed by atoms with Crippen LogP contribution >= 0.6 is 0 Å². The largest absolute Gasteiger partial charge is 0.356 e. The summed E-state index contributed by atoms with van der Waals surface area (Å²) in [7, 11) is 0. The first-order valence-corrected chi connectivity index (χ1v) is 8.91. The molecule has 1 aliphatic rings. The highest BCUT2D eigenvalue weighted by Gasteiger charge is 2.29. The van der Waals surface area contributed by atoms with Gasteiger partial charge in [-0.15, -0.1) is 0 Å². The van der Waals surface area contributed by atoms with Gasteiger partial charge in [-0.2, -0.15) is 9.61 Å². The maximum atomic E-state index is 12.7. The van der Waals surface area contributed by atoms with Crippen LogP contribution < -0.4 is 4.90 Å². The molecular formula is C18H27N5O. The van der Waals surface area contributed by atoms with Crippen molar-refractivity contribution in [1.29, 1.82) is 0 Å². The van der Waals surface area contributed by atoms with Gasteiger partial charge in [-0.25, -0.2) is 4.98 Å². The number of piperidine rings is 1. The summed E-state index contributed by atoms with van der Waals surface area (Å²) in [5.74, 6) is 1.39. The Bertz CT molecular complexity index is 734. The Morgan fingerprint density at radius 2 is 2.00 bits per heavy atom. The molecule has 1 amide bonds. The van der Waals surface area contributed by atoms with Gasteiger partial charge in [0.1, 0.15) is 5.82 Å². The number of carbonyl (C=O) groups is 1. The van der Waals surface area contributed by atoms with Crippen molar-refractivity contribution in [2.75, 3.05) is 31.1 Å². The van der Waals surface area contributed by atoms with Gasteiger partial charge in [-0.3, -0.25) is 4.79 Å². The summed E-state index contributed by atoms with van der Waals surface area (Å²) in [6.45, 7) is 11.4. The molecule has 0 radical (unpaired) electrons. The Morgan fingerprint density at radius 1 is 1.25 bits per heavy atom. The van der Waals surface area contributed by atoms with Crippen molar-refractivity contribution in [3.05, 3.63) is 23.5 Å². The Morgan fingerprint density at radius 3 is 2.71 bits per heavy atom. The van der Waals surface area contributed by atoms with Crippen molar-refractivity contribution in [1.82, 2.24) is 19.5 Å². The molecule has 3 rings (SSSR count). The number of aromatic nitrogens is 3. The van der Waals surface area contributed by atoms with E-state index in [-0.39, 0.29) is 11.8 Å². The van der Waals surface area contributed by atoms with Crippen LogP contribution in [0.1, 0.15) is 38.1 Å². The molecule has 1 atom stereocenters. The topological polar surface area (TPSA) is 53.7 Å². The lowest BCUT2D eigenvalue weighted by Gasteiger charge is -2.35. The predicted molar refractivity (Wildman–Crippen MR) is 95.3 cm³/mol. The summed E-state index contributed by atoms with van der Waals surface area (Å²) in [4.78, 5) is 21.5. The van der Waals surface area contributed by atoms with Crippen LogP contribution in [0.5, 0.6) is 0 Å². The predicted octanol–water partition coefficient (Wildman–Crippen LogP) is 2.43. The maximum absolute atomic E-state index is 12.7. The van der Waals surface area contributed by atoms with Gasteiger partial charge in [0.25, 0.3) is 0 Å². The fraction of sp³-hybridized carbons (Fsp3) is 0.611. The molecule has 0 spiro atoms. The van der Waals surface area contributed by atoms with E-state index in [9.17, 15) is 4.79 Å². The minimum Gasteiger partial charge on any atom is -0.356 e. The normalized spacial score (nSPS) is 18.2. The van der Waals surface area contributed by atoms with Crippen LogP contribution in [-0.4, -0.2) is 51.6 Å². The highest BCUT2D eigenvalue weighted by Crippen LogP contribution is 2.25. The lowest BCUT2D eigenvalue weighted by Crippen LogP contribution is -2.45. The third kappa shape index (κ3) is 3.09. The second-order valence-corrected chi connectivity index (χ2v) is 6.61. The Labute approximate surface area is 143 Å². The fourth-order valence-electron chi connectivity index (χ4n) is 3.60. The maximum Gasteiger partial charge on any atom is 0.227 e. The molecule has 0 aromatic carbocycles. The van der Waals surface area contributed by atoms with E-state index in [4.69, 9.17) is 0 Å². The van der Waals surface area contributed by atoms with Gasteiger partial charge in [0.15, 0.2) is 5.65 Å². The molecule has 3 heterocycles. The van der Waals surface area contributed by atoms with Crippen LogP contribution in [0.2, 0.25) is 0 Å². The summed E-state index contributed by atoms with van der Waals surface area (Å²) in [6.07, 6.45) is 2.00. The first-order valence-electron chi connectivity index (χ1n) is 8.91. The summed E-state index contributed by atoms with van der Waals surface area (Å²) < 4.78 is 1.91. The third-order valence-corrected chi connectivity index (χ3v) is 4.83. The van der Waals surface area contributed by atoms with Gasteiger partial charge >= 0.3 is 0 Å². The molecule has 0 saturated carbocycles. The van der Waals surface area contributed by atoms with Gasteiger partial charge in [0.2, 0.25) is 5.91 Å². The molecule has 1 aliphatic heterocycles. The van der Waals surface area contributed by atoms with Gasteiger partial charge < -0.3 is 9.80 Å². The lowest BCUT2D eigenvalue weighted by molar-refractivity contribution is -0.135. The standard InChI is InChI=1S/C18H27N5O/c1-5-21(6-2)18(24)15-8-7-9-22(12-15)17-11-13(3)19-16-10-14(4)20-23(16)17/h10-11,15H,5-9,12H2,1-4H3/t15-/m0/s1. The fourth-order valence-corrected chi connectivity index (χ4v) is 3.60. The highest BCUT2D eigenvalue weighted by atomic mass is 16.2. The second-order valence-electron chi connectivity index (χ2n) is 6.61. The average molecular weight is 329 g/mol. The highest BCUT2D eigenvalue weighted by molar-refractivity contribution is 5.79. The van der Waals surface area contributed by atoms with Crippen molar-refractivity contribution < 1.29 is 4.79 Å². The Balaban J connectivity index is 1.89. The SMILES string of the molecule is CCN(CC)C(=O)[C@H]1CCCN(c2cc(C)nc3cc(C)nn23)C1. The van der Waals surface area contributed by atoms with Crippen LogP contribution in [0.3, 0.4) is 0 Å². The monoisotopic (exact) mass is 329 g/mol. The van der Waals surface area contributed by atoms with E-state index in [0.29, 0.717) is 0 Å². The number of hydrogen-bond acceptors (Lipinski definition) is 4. The molecular weight excluding hydrogens is 302 g/mol. The molecule has 24 heavy (non-hydrogen) atoms. The molecule has 130 valence electrons. The van der Waals surface area contributed by atoms with Crippen molar-refractivity contribution in [2.24, 2.45) is 5.92 Å². The van der Waals surface area contributed by atoms with Crippen molar-refractivity contribution >= 4 is 17.4 Å². The van der Waals surface area contributed by atoms with E-state index in [1.165, 1.54) is 0 Å². The van der Waals surface area contributed by atoms with Crippen LogP contribution in [0.15, 0.2) is 12.1 Å². The quantitative estimate of drug-likeness (QED) is 0.864. The van der Waals surface area contributed by atoms with E-state index in [1.54, 1.807) is 0 Å². The van der Waals surface area contributed by atoms with Crippen LogP contribution in [0.4, 0.5) is 5.82 Å². The van der Waals surface area contributed by atoms with E-state index >= 15 is 0 Å². The number of amides is 1. The molecule has 2 aromatic heterocycles. The molecule has 6 heteroatoms. The first kappa shape index (κ1) is 16.7. The number of nitrogens with zero attached hydrogens (tertiary/aromatic N) is 5. The van der Waals surface area contributed by atoms with Crippen LogP contribution in [0, 0.1) is 19.8 Å². The molecule has 0 aliphatic carbocycles. The smallest absolute Gasteiger partial charge is 0.227 e. The molecule has 1 saturated heterocycles. The van der Waals surface area contributed by atoms with Crippen molar-refractivity contribution in [2.45, 2.75) is 40.5 Å². The van der Waals surface area contributed by atoms with Gasteiger partial charge in [0, 0.05) is 44.0 Å². The summed E-state index contributed by atoms with van der Waals surface area (Å²) in [5, 5.41) is 4.58. The van der Waals surface area contributed by atoms with Crippen LogP contribution in [0.25, 0.3) is 5.65 Å². The zero-order chi connectivity index (χ0) is 17.3. The Hall–Kier alpha value is -2.11. The summed E-state index contributed by atoms with van der Waals surface area (Å²) in [6, 6.07) is 4.07. The second kappa shape index (κ2) is 6.79. The summed E-state index contributed by atoms with van der Waals surface area (Å²) >= 11 is 0. The molecule has 6 nitrogen and oxygen atoms in total. The minimum absolute atomic E-state index is 0.0684. The average Bonchev–Trinajstić information content (AvgIpc) is 2.95. The molecule has 0 N–H and O–H groups in total. The zero-order valence-corrected chi connectivity index (χ0v) is 15.1. The zero-order valence-electron chi connectivity index (χ0n) is 15.1. The first-order chi connectivity index (χ1) is 11.5. The Kier molecular flexibility index (Phi) is 4.73. The number of carbonyl (C=O) groups excluding carboxylic acids is 1. The molecule has 0 bridgehead atoms. The third-order valence-electron chi connectivity index (χ3n) is 4.83. The number of fused-ring (bicyclic) bond motifs is 1. The van der Waals surface area contributed by atoms with Gasteiger partial charge in [0.05, 0.1) is 11.6 Å². The minimum atomic E-state index is 0.0684. The van der Waals surface area contributed by atoms with Crippen molar-refractivity contribution in [3.8, 4) is 0 Å². The number of aryl methyl sites for hydroxylation is 2. The lowest BCUT2D eigenvalue weighted by atomic mass is 9.96. The van der Waals surface area contributed by atoms with Gasteiger partial charge in [-0.1, -0.05) is 0 Å². The number of rotatable bonds is 4. The molecule has 2 aromatic rings. The number of anilines is 1. The van der Waals surface area contributed by atoms with Crippen LogP contribution in [-0.2, 0) is 4.79 Å². The van der Waals surface area contributed by atoms with Crippen molar-refractivity contribution in [3.63, 3.8) is 0 Å². The number of hydrogen-bond donors (Lipinski definition) is 0. The molecule has 1 fully saturated rings. The van der Waals surface area contributed by atoms with E-state index in [2.05, 4.69) is 21.0 Å². The van der Waals surface area contributed by atoms with E-state index < -0.39 is 0 Å². The van der Waals surface area contributed by atoms with E-state index in [1.807, 2.05) is 43.2 Å². The summed E-state index contributed by atoms with van der Waals surface area (Å²) in [5.41, 5.74) is 2.82.